The minimum atomic E-state index is -4.08. The summed E-state index contributed by atoms with van der Waals surface area (Å²) in [5, 5.41) is 8.89. The van der Waals surface area contributed by atoms with Crippen LogP contribution in [0.25, 0.3) is 0 Å². The number of carboxylic acid groups (broad SMARTS) is 1. The Labute approximate surface area is 121 Å². The fraction of sp³-hybridized carbons (Fsp3) is 0.462. The van der Waals surface area contributed by atoms with Gasteiger partial charge in [-0.25, -0.2) is 17.2 Å². The Bertz CT molecular complexity index is 667. The van der Waals surface area contributed by atoms with Crippen molar-refractivity contribution in [2.24, 2.45) is 5.92 Å². The number of halogens is 2. The van der Waals surface area contributed by atoms with Crippen molar-refractivity contribution in [3.05, 3.63) is 29.3 Å². The van der Waals surface area contributed by atoms with Crippen LogP contribution >= 0.6 is 0 Å². The number of sulfonamides is 1. The van der Waals surface area contributed by atoms with E-state index in [1.807, 2.05) is 0 Å². The summed E-state index contributed by atoms with van der Waals surface area (Å²) in [6, 6.07) is 1.51. The van der Waals surface area contributed by atoms with Gasteiger partial charge in [0.2, 0.25) is 10.0 Å². The maximum atomic E-state index is 13.7. The number of nitrogens with zero attached hydrogens (tertiary/aromatic N) is 1. The smallest absolute Gasteiger partial charge is 0.306 e. The van der Waals surface area contributed by atoms with Crippen LogP contribution in [0.1, 0.15) is 18.4 Å². The van der Waals surface area contributed by atoms with Gasteiger partial charge in [-0.15, -0.1) is 0 Å². The highest BCUT2D eigenvalue weighted by atomic mass is 32.2. The predicted molar refractivity (Wildman–Crippen MR) is 70.2 cm³/mol. The Morgan fingerprint density at radius 3 is 2.33 bits per heavy atom. The van der Waals surface area contributed by atoms with Gasteiger partial charge in [-0.05, 0) is 31.4 Å². The Balaban J connectivity index is 2.28. The van der Waals surface area contributed by atoms with E-state index in [-0.39, 0.29) is 31.5 Å². The third-order valence-corrected chi connectivity index (χ3v) is 5.55. The molecule has 2 rings (SSSR count). The largest absolute Gasteiger partial charge is 0.481 e. The molecule has 0 radical (unpaired) electrons. The van der Waals surface area contributed by atoms with Crippen molar-refractivity contribution in [1.29, 1.82) is 0 Å². The summed E-state index contributed by atoms with van der Waals surface area (Å²) in [7, 11) is -4.08. The van der Waals surface area contributed by atoms with E-state index in [0.717, 1.165) is 10.4 Å². The molecule has 116 valence electrons. The molecular formula is C13H15F2NO4S. The lowest BCUT2D eigenvalue weighted by Crippen LogP contribution is -2.40. The molecule has 1 N–H and O–H groups in total. The molecule has 8 heteroatoms. The first-order chi connectivity index (χ1) is 9.73. The predicted octanol–water partition coefficient (Wildman–Crippen LogP) is 1.76. The fourth-order valence-electron chi connectivity index (χ4n) is 2.31. The van der Waals surface area contributed by atoms with Crippen LogP contribution in [0.2, 0.25) is 0 Å². The highest BCUT2D eigenvalue weighted by Crippen LogP contribution is 2.26. The monoisotopic (exact) mass is 319 g/mol. The third-order valence-electron chi connectivity index (χ3n) is 3.63. The second-order valence-electron chi connectivity index (χ2n) is 5.05. The minimum Gasteiger partial charge on any atom is -0.481 e. The van der Waals surface area contributed by atoms with Crippen LogP contribution in [0.3, 0.4) is 0 Å². The number of carboxylic acids is 1. The molecule has 21 heavy (non-hydrogen) atoms. The second-order valence-corrected chi connectivity index (χ2v) is 6.95. The van der Waals surface area contributed by atoms with Crippen LogP contribution in [0.15, 0.2) is 17.0 Å². The summed E-state index contributed by atoms with van der Waals surface area (Å²) in [5.74, 6) is -3.50. The lowest BCUT2D eigenvalue weighted by atomic mass is 9.99. The average Bonchev–Trinajstić information content (AvgIpc) is 2.42. The number of piperidine rings is 1. The first kappa shape index (κ1) is 15.8. The molecule has 0 atom stereocenters. The van der Waals surface area contributed by atoms with E-state index in [1.54, 1.807) is 0 Å². The normalized spacial score (nSPS) is 17.9. The van der Waals surface area contributed by atoms with Crippen molar-refractivity contribution >= 4 is 16.0 Å². The summed E-state index contributed by atoms with van der Waals surface area (Å²) in [6.45, 7) is 1.37. The SMILES string of the molecule is Cc1cc(S(=O)(=O)N2CCC(C(=O)O)CC2)c(F)cc1F. The topological polar surface area (TPSA) is 74.7 Å². The summed E-state index contributed by atoms with van der Waals surface area (Å²) in [5.41, 5.74) is 0.0374. The zero-order chi connectivity index (χ0) is 15.8. The first-order valence-corrected chi connectivity index (χ1v) is 7.86. The summed E-state index contributed by atoms with van der Waals surface area (Å²) >= 11 is 0. The number of hydrogen-bond acceptors (Lipinski definition) is 3. The maximum absolute atomic E-state index is 13.7. The molecule has 1 aliphatic rings. The van der Waals surface area contributed by atoms with Gasteiger partial charge in [0.1, 0.15) is 16.5 Å². The van der Waals surface area contributed by atoms with Gasteiger partial charge < -0.3 is 5.11 Å². The van der Waals surface area contributed by atoms with Gasteiger partial charge in [0, 0.05) is 19.2 Å². The Morgan fingerprint density at radius 1 is 1.24 bits per heavy atom. The molecule has 0 saturated carbocycles. The average molecular weight is 319 g/mol. The van der Waals surface area contributed by atoms with Crippen molar-refractivity contribution in [2.75, 3.05) is 13.1 Å². The van der Waals surface area contributed by atoms with E-state index in [0.29, 0.717) is 6.07 Å². The van der Waals surface area contributed by atoms with Gasteiger partial charge in [0.05, 0.1) is 5.92 Å². The zero-order valence-electron chi connectivity index (χ0n) is 11.3. The molecular weight excluding hydrogens is 304 g/mol. The lowest BCUT2D eigenvalue weighted by molar-refractivity contribution is -0.142. The molecule has 0 aromatic heterocycles. The molecule has 0 amide bonds. The molecule has 1 saturated heterocycles. The van der Waals surface area contributed by atoms with E-state index in [9.17, 15) is 22.0 Å². The molecule has 5 nitrogen and oxygen atoms in total. The Kier molecular flexibility index (Phi) is 4.29. The molecule has 1 aliphatic heterocycles. The summed E-state index contributed by atoms with van der Waals surface area (Å²) in [6.07, 6.45) is 0.354. The molecule has 0 spiro atoms. The maximum Gasteiger partial charge on any atom is 0.306 e. The van der Waals surface area contributed by atoms with Crippen LogP contribution in [0.5, 0.6) is 0 Å². The standard InChI is InChI=1S/C13H15F2NO4S/c1-8-6-12(11(15)7-10(8)14)21(19,20)16-4-2-9(3-5-16)13(17)18/h6-7,9H,2-5H2,1H3,(H,17,18). The first-order valence-electron chi connectivity index (χ1n) is 6.42. The Hall–Kier alpha value is -1.54. The summed E-state index contributed by atoms with van der Waals surface area (Å²) in [4.78, 5) is 10.3. The fourth-order valence-corrected chi connectivity index (χ4v) is 3.91. The molecule has 1 fully saturated rings. The van der Waals surface area contributed by atoms with Gasteiger partial charge in [0.25, 0.3) is 0 Å². The highest BCUT2D eigenvalue weighted by Gasteiger charge is 2.33. The van der Waals surface area contributed by atoms with Crippen molar-refractivity contribution in [1.82, 2.24) is 4.31 Å². The van der Waals surface area contributed by atoms with Crippen molar-refractivity contribution in [3.8, 4) is 0 Å². The van der Waals surface area contributed by atoms with Gasteiger partial charge >= 0.3 is 5.97 Å². The van der Waals surface area contributed by atoms with E-state index in [4.69, 9.17) is 5.11 Å². The minimum absolute atomic E-state index is 0.00909. The highest BCUT2D eigenvalue weighted by molar-refractivity contribution is 7.89. The van der Waals surface area contributed by atoms with E-state index in [2.05, 4.69) is 0 Å². The van der Waals surface area contributed by atoms with Crippen LogP contribution in [0.4, 0.5) is 8.78 Å². The van der Waals surface area contributed by atoms with Crippen molar-refractivity contribution in [2.45, 2.75) is 24.7 Å². The van der Waals surface area contributed by atoms with Gasteiger partial charge in [-0.2, -0.15) is 4.31 Å². The zero-order valence-corrected chi connectivity index (χ0v) is 12.2. The quantitative estimate of drug-likeness (QED) is 0.921. The molecule has 1 aromatic rings. The van der Waals surface area contributed by atoms with Gasteiger partial charge in [-0.3, -0.25) is 4.79 Å². The molecule has 0 aliphatic carbocycles. The van der Waals surface area contributed by atoms with E-state index >= 15 is 0 Å². The van der Waals surface area contributed by atoms with E-state index < -0.39 is 38.4 Å². The van der Waals surface area contributed by atoms with Crippen molar-refractivity contribution < 1.29 is 27.1 Å². The molecule has 0 unspecified atom stereocenters. The second kappa shape index (κ2) is 5.69. The molecule has 1 aromatic carbocycles. The number of hydrogen-bond donors (Lipinski definition) is 1. The number of carbonyl (C=O) groups is 1. The molecule has 1 heterocycles. The Morgan fingerprint density at radius 2 is 1.81 bits per heavy atom. The third kappa shape index (κ3) is 3.06. The van der Waals surface area contributed by atoms with E-state index in [1.165, 1.54) is 6.92 Å². The number of benzene rings is 1. The van der Waals surface area contributed by atoms with Crippen LogP contribution < -0.4 is 0 Å². The van der Waals surface area contributed by atoms with Crippen LogP contribution in [-0.2, 0) is 14.8 Å². The van der Waals surface area contributed by atoms with Crippen LogP contribution in [0, 0.1) is 24.5 Å². The van der Waals surface area contributed by atoms with Crippen molar-refractivity contribution in [3.63, 3.8) is 0 Å². The lowest BCUT2D eigenvalue weighted by Gasteiger charge is -2.29. The number of aryl methyl sites for hydroxylation is 1. The number of rotatable bonds is 3. The van der Waals surface area contributed by atoms with Crippen LogP contribution in [-0.4, -0.2) is 36.9 Å². The van der Waals surface area contributed by atoms with Gasteiger partial charge in [0.15, 0.2) is 0 Å². The molecule has 0 bridgehead atoms. The summed E-state index contributed by atoms with van der Waals surface area (Å²) < 4.78 is 52.7. The number of aliphatic carboxylic acids is 1. The van der Waals surface area contributed by atoms with Gasteiger partial charge in [-0.1, -0.05) is 0 Å².